The number of aliphatic carboxylic acids is 1. The largest absolute Gasteiger partial charge is 0.481 e. The Kier molecular flexibility index (Phi) is 5.21. The molecule has 3 atom stereocenters. The molecule has 0 aromatic heterocycles. The van der Waals surface area contributed by atoms with Crippen LogP contribution in [0, 0.1) is 17.8 Å². The van der Waals surface area contributed by atoms with E-state index in [1.54, 1.807) is 0 Å². The molecule has 2 rings (SSSR count). The highest BCUT2D eigenvalue weighted by atomic mass is 16.5. The van der Waals surface area contributed by atoms with Crippen molar-refractivity contribution in [3.63, 3.8) is 0 Å². The van der Waals surface area contributed by atoms with E-state index < -0.39 is 11.9 Å². The first-order valence-corrected chi connectivity index (χ1v) is 7.65. The van der Waals surface area contributed by atoms with Gasteiger partial charge in [0.05, 0.1) is 12.3 Å². The van der Waals surface area contributed by atoms with Gasteiger partial charge in [0.1, 0.15) is 6.10 Å². The van der Waals surface area contributed by atoms with Gasteiger partial charge in [-0.1, -0.05) is 18.9 Å². The Hall–Kier alpha value is -1.32. The van der Waals surface area contributed by atoms with Crippen molar-refractivity contribution in [2.45, 2.75) is 57.5 Å². The average molecular weight is 280 g/mol. The summed E-state index contributed by atoms with van der Waals surface area (Å²) in [7, 11) is 0. The molecule has 2 fully saturated rings. The molecule has 0 aliphatic heterocycles. The molecule has 112 valence electrons. The van der Waals surface area contributed by atoms with E-state index in [4.69, 9.17) is 4.74 Å². The molecular weight excluding hydrogens is 256 g/mol. The van der Waals surface area contributed by atoms with Crippen molar-refractivity contribution in [3.05, 3.63) is 12.7 Å². The maximum Gasteiger partial charge on any atom is 0.307 e. The summed E-state index contributed by atoms with van der Waals surface area (Å²) in [5.74, 6) is -1.15. The molecule has 0 aromatic rings. The molecule has 0 amide bonds. The van der Waals surface area contributed by atoms with E-state index in [-0.39, 0.29) is 24.4 Å². The minimum Gasteiger partial charge on any atom is -0.481 e. The molecule has 0 bridgehead atoms. The third-order valence-corrected chi connectivity index (χ3v) is 4.55. The first kappa shape index (κ1) is 15.1. The summed E-state index contributed by atoms with van der Waals surface area (Å²) >= 11 is 0. The van der Waals surface area contributed by atoms with Gasteiger partial charge in [0.25, 0.3) is 0 Å². The van der Waals surface area contributed by atoms with E-state index in [0.29, 0.717) is 5.92 Å². The van der Waals surface area contributed by atoms with Gasteiger partial charge in [0, 0.05) is 0 Å². The number of ether oxygens (including phenoxy) is 1. The predicted octanol–water partition coefficient (Wildman–Crippen LogP) is 3.17. The molecule has 0 saturated heterocycles. The number of esters is 1. The molecule has 4 nitrogen and oxygen atoms in total. The topological polar surface area (TPSA) is 63.6 Å². The Morgan fingerprint density at radius 2 is 2.05 bits per heavy atom. The van der Waals surface area contributed by atoms with E-state index in [1.807, 2.05) is 6.08 Å². The van der Waals surface area contributed by atoms with Crippen molar-refractivity contribution >= 4 is 11.9 Å². The number of rotatable bonds is 8. The standard InChI is InChI=1S/C16H24O4/c1-2-3-6-12-9-14(12)20-15(17)10-13(16(18)19)11-7-4-5-8-11/h2,11-14H,1,3-10H2,(H,18,19)/t12?,13-,14?/m0/s1. The Morgan fingerprint density at radius 1 is 1.35 bits per heavy atom. The number of carbonyl (C=O) groups excluding carboxylic acids is 1. The number of hydrogen-bond acceptors (Lipinski definition) is 3. The van der Waals surface area contributed by atoms with Gasteiger partial charge >= 0.3 is 11.9 Å². The molecule has 1 N–H and O–H groups in total. The van der Waals surface area contributed by atoms with E-state index in [9.17, 15) is 14.7 Å². The maximum absolute atomic E-state index is 11.9. The highest BCUT2D eigenvalue weighted by molar-refractivity contribution is 5.79. The quantitative estimate of drug-likeness (QED) is 0.548. The molecule has 20 heavy (non-hydrogen) atoms. The van der Waals surface area contributed by atoms with Crippen molar-refractivity contribution in [1.29, 1.82) is 0 Å². The fourth-order valence-electron chi connectivity index (χ4n) is 3.21. The lowest BCUT2D eigenvalue weighted by Gasteiger charge is -2.18. The van der Waals surface area contributed by atoms with Gasteiger partial charge in [-0.15, -0.1) is 6.58 Å². The Labute approximate surface area is 120 Å². The minimum absolute atomic E-state index is 0.0143. The predicted molar refractivity (Wildman–Crippen MR) is 75.1 cm³/mol. The van der Waals surface area contributed by atoms with Crippen LogP contribution in [0.25, 0.3) is 0 Å². The van der Waals surface area contributed by atoms with Crippen LogP contribution in [0.4, 0.5) is 0 Å². The second-order valence-electron chi connectivity index (χ2n) is 6.08. The number of carboxylic acids is 1. The smallest absolute Gasteiger partial charge is 0.307 e. The van der Waals surface area contributed by atoms with E-state index in [0.717, 1.165) is 44.9 Å². The fraction of sp³-hybridized carbons (Fsp3) is 0.750. The second kappa shape index (κ2) is 6.91. The number of carbonyl (C=O) groups is 2. The van der Waals surface area contributed by atoms with Gasteiger partial charge in [0.15, 0.2) is 0 Å². The lowest BCUT2D eigenvalue weighted by Crippen LogP contribution is -2.26. The lowest BCUT2D eigenvalue weighted by atomic mass is 9.88. The summed E-state index contributed by atoms with van der Waals surface area (Å²) in [6, 6.07) is 0. The summed E-state index contributed by atoms with van der Waals surface area (Å²) in [6.45, 7) is 3.68. The van der Waals surface area contributed by atoms with Crippen LogP contribution >= 0.6 is 0 Å². The minimum atomic E-state index is -0.854. The molecule has 4 heteroatoms. The monoisotopic (exact) mass is 280 g/mol. The molecule has 0 radical (unpaired) electrons. The van der Waals surface area contributed by atoms with Crippen LogP contribution in [-0.2, 0) is 14.3 Å². The van der Waals surface area contributed by atoms with Crippen LogP contribution in [0.1, 0.15) is 51.4 Å². The first-order chi connectivity index (χ1) is 9.61. The summed E-state index contributed by atoms with van der Waals surface area (Å²) in [4.78, 5) is 23.2. The van der Waals surface area contributed by atoms with E-state index in [1.165, 1.54) is 0 Å². The Balaban J connectivity index is 1.75. The van der Waals surface area contributed by atoms with Crippen molar-refractivity contribution in [3.8, 4) is 0 Å². The summed E-state index contributed by atoms with van der Waals surface area (Å²) < 4.78 is 5.37. The summed E-state index contributed by atoms with van der Waals surface area (Å²) in [5, 5.41) is 9.28. The number of allylic oxidation sites excluding steroid dienone is 1. The molecule has 2 unspecified atom stereocenters. The van der Waals surface area contributed by atoms with Gasteiger partial charge in [-0.05, 0) is 43.9 Å². The van der Waals surface area contributed by atoms with Crippen molar-refractivity contribution in [1.82, 2.24) is 0 Å². The number of carboxylic acid groups (broad SMARTS) is 1. The molecule has 2 aliphatic rings. The molecule has 0 spiro atoms. The highest BCUT2D eigenvalue weighted by Crippen LogP contribution is 2.39. The third kappa shape index (κ3) is 4.09. The van der Waals surface area contributed by atoms with Gasteiger partial charge in [0.2, 0.25) is 0 Å². The highest BCUT2D eigenvalue weighted by Gasteiger charge is 2.41. The van der Waals surface area contributed by atoms with Crippen LogP contribution in [0.15, 0.2) is 12.7 Å². The summed E-state index contributed by atoms with van der Waals surface area (Å²) in [5.41, 5.74) is 0. The van der Waals surface area contributed by atoms with Crippen LogP contribution in [-0.4, -0.2) is 23.1 Å². The average Bonchev–Trinajstić information content (AvgIpc) is 2.90. The zero-order valence-corrected chi connectivity index (χ0v) is 11.9. The number of hydrogen-bond donors (Lipinski definition) is 1. The maximum atomic E-state index is 11.9. The zero-order chi connectivity index (χ0) is 14.5. The van der Waals surface area contributed by atoms with E-state index >= 15 is 0 Å². The van der Waals surface area contributed by atoms with Crippen molar-refractivity contribution in [2.24, 2.45) is 17.8 Å². The first-order valence-electron chi connectivity index (χ1n) is 7.65. The van der Waals surface area contributed by atoms with Crippen molar-refractivity contribution < 1.29 is 19.4 Å². The van der Waals surface area contributed by atoms with Gasteiger partial charge in [-0.3, -0.25) is 9.59 Å². The second-order valence-corrected chi connectivity index (χ2v) is 6.08. The third-order valence-electron chi connectivity index (χ3n) is 4.55. The molecular formula is C16H24O4. The molecule has 0 heterocycles. The van der Waals surface area contributed by atoms with Gasteiger partial charge in [-0.25, -0.2) is 0 Å². The normalized spacial score (nSPS) is 27.0. The Bertz CT molecular complexity index is 371. The van der Waals surface area contributed by atoms with Crippen molar-refractivity contribution in [2.75, 3.05) is 0 Å². The Morgan fingerprint density at radius 3 is 2.65 bits per heavy atom. The molecule has 2 aliphatic carbocycles. The van der Waals surface area contributed by atoms with Crippen LogP contribution in [0.2, 0.25) is 0 Å². The van der Waals surface area contributed by atoms with E-state index in [2.05, 4.69) is 6.58 Å². The SMILES string of the molecule is C=CCCC1CC1OC(=O)C[C@H](C(=O)O)C1CCCC1. The van der Waals surface area contributed by atoms with Gasteiger partial charge in [-0.2, -0.15) is 0 Å². The lowest BCUT2D eigenvalue weighted by molar-refractivity contribution is -0.154. The molecule has 2 saturated carbocycles. The fourth-order valence-corrected chi connectivity index (χ4v) is 3.21. The summed E-state index contributed by atoms with van der Waals surface area (Å²) in [6.07, 6.45) is 8.80. The van der Waals surface area contributed by atoms with Crippen LogP contribution < -0.4 is 0 Å². The molecule has 0 aromatic carbocycles. The van der Waals surface area contributed by atoms with Crippen LogP contribution in [0.5, 0.6) is 0 Å². The van der Waals surface area contributed by atoms with Crippen LogP contribution in [0.3, 0.4) is 0 Å². The zero-order valence-electron chi connectivity index (χ0n) is 11.9. The van der Waals surface area contributed by atoms with Gasteiger partial charge < -0.3 is 9.84 Å².